The molecule has 2 nitrogen and oxygen atoms in total. The summed E-state index contributed by atoms with van der Waals surface area (Å²) in [6, 6.07) is 0. The maximum Gasteiger partial charge on any atom is 0.309 e. The lowest BCUT2D eigenvalue weighted by Gasteiger charge is -2.37. The summed E-state index contributed by atoms with van der Waals surface area (Å²) in [7, 11) is 0. The lowest BCUT2D eigenvalue weighted by atomic mass is 9.68. The van der Waals surface area contributed by atoms with E-state index in [1.54, 1.807) is 0 Å². The third-order valence-electron chi connectivity index (χ3n) is 7.16. The van der Waals surface area contributed by atoms with E-state index < -0.39 is 0 Å². The van der Waals surface area contributed by atoms with Crippen LogP contribution in [0.3, 0.4) is 0 Å². The van der Waals surface area contributed by atoms with Crippen molar-refractivity contribution in [2.45, 2.75) is 123 Å². The van der Waals surface area contributed by atoms with Gasteiger partial charge >= 0.3 is 5.97 Å². The van der Waals surface area contributed by atoms with Crippen LogP contribution in [-0.4, -0.2) is 12.1 Å². The van der Waals surface area contributed by atoms with E-state index in [1.165, 1.54) is 77.0 Å². The van der Waals surface area contributed by atoms with Crippen molar-refractivity contribution in [3.05, 3.63) is 0 Å². The number of carbonyl (C=O) groups excluding carboxylic acids is 1. The first-order chi connectivity index (χ1) is 12.6. The first-order valence-electron chi connectivity index (χ1n) is 11.8. The van der Waals surface area contributed by atoms with E-state index in [-0.39, 0.29) is 18.0 Å². The van der Waals surface area contributed by atoms with Gasteiger partial charge < -0.3 is 4.74 Å². The summed E-state index contributed by atoms with van der Waals surface area (Å²) in [4.78, 5) is 12.4. The van der Waals surface area contributed by atoms with Crippen molar-refractivity contribution in [2.75, 3.05) is 0 Å². The molecule has 1 unspecified atom stereocenters. The summed E-state index contributed by atoms with van der Waals surface area (Å²) in [5.74, 6) is 3.11. The van der Waals surface area contributed by atoms with Crippen molar-refractivity contribution < 1.29 is 9.53 Å². The second-order valence-electron chi connectivity index (χ2n) is 9.28. The Kier molecular flexibility index (Phi) is 10.1. The average Bonchev–Trinajstić information content (AvgIpc) is 2.67. The minimum atomic E-state index is 0.0933. The predicted molar refractivity (Wildman–Crippen MR) is 110 cm³/mol. The highest BCUT2D eigenvalue weighted by Crippen LogP contribution is 2.42. The van der Waals surface area contributed by atoms with Gasteiger partial charge in [0.15, 0.2) is 0 Å². The number of unbranched alkanes of at least 4 members (excludes halogenated alkanes) is 3. The molecule has 0 N–H and O–H groups in total. The first kappa shape index (κ1) is 21.8. The van der Waals surface area contributed by atoms with E-state index in [9.17, 15) is 4.79 Å². The van der Waals surface area contributed by atoms with Crippen molar-refractivity contribution >= 4 is 5.97 Å². The second kappa shape index (κ2) is 12.0. The summed E-state index contributed by atoms with van der Waals surface area (Å²) in [6.07, 6.45) is 19.5. The molecule has 2 saturated carbocycles. The van der Waals surface area contributed by atoms with Gasteiger partial charge in [-0.3, -0.25) is 4.79 Å². The summed E-state index contributed by atoms with van der Waals surface area (Å²) in [5.41, 5.74) is 0. The van der Waals surface area contributed by atoms with Gasteiger partial charge in [0.2, 0.25) is 0 Å². The molecule has 0 spiro atoms. The van der Waals surface area contributed by atoms with Gasteiger partial charge in [-0.2, -0.15) is 0 Å². The van der Waals surface area contributed by atoms with Crippen LogP contribution in [0, 0.1) is 23.7 Å². The molecule has 2 aliphatic rings. The van der Waals surface area contributed by atoms with Gasteiger partial charge in [-0.05, 0) is 76.0 Å². The maximum absolute atomic E-state index is 12.4. The topological polar surface area (TPSA) is 26.3 Å². The highest BCUT2D eigenvalue weighted by atomic mass is 16.5. The van der Waals surface area contributed by atoms with Crippen LogP contribution in [0.25, 0.3) is 0 Å². The van der Waals surface area contributed by atoms with Gasteiger partial charge in [-0.1, -0.05) is 58.8 Å². The molecule has 2 fully saturated rings. The number of carbonyl (C=O) groups is 1. The molecule has 26 heavy (non-hydrogen) atoms. The summed E-state index contributed by atoms with van der Waals surface area (Å²) in [5, 5.41) is 0. The third kappa shape index (κ3) is 7.24. The van der Waals surface area contributed by atoms with Gasteiger partial charge in [0.1, 0.15) is 0 Å². The van der Waals surface area contributed by atoms with Crippen molar-refractivity contribution in [3.8, 4) is 0 Å². The van der Waals surface area contributed by atoms with Crippen LogP contribution in [0.1, 0.15) is 117 Å². The zero-order valence-corrected chi connectivity index (χ0v) is 17.8. The number of rotatable bonds is 10. The Bertz CT molecular complexity index is 376. The van der Waals surface area contributed by atoms with E-state index in [0.29, 0.717) is 0 Å². The fourth-order valence-electron chi connectivity index (χ4n) is 5.30. The summed E-state index contributed by atoms with van der Waals surface area (Å²) >= 11 is 0. The molecule has 0 aromatic heterocycles. The van der Waals surface area contributed by atoms with Gasteiger partial charge in [-0.15, -0.1) is 0 Å². The predicted octanol–water partition coefficient (Wildman–Crippen LogP) is 7.30. The molecule has 0 aromatic carbocycles. The van der Waals surface area contributed by atoms with Crippen LogP contribution < -0.4 is 0 Å². The molecule has 0 bridgehead atoms. The minimum Gasteiger partial charge on any atom is -0.462 e. The number of ether oxygens (including phenoxy) is 1. The molecule has 2 aliphatic carbocycles. The molecule has 1 atom stereocenters. The minimum absolute atomic E-state index is 0.0933. The monoisotopic (exact) mass is 364 g/mol. The smallest absolute Gasteiger partial charge is 0.309 e. The average molecular weight is 365 g/mol. The lowest BCUT2D eigenvalue weighted by molar-refractivity contribution is -0.155. The first-order valence-corrected chi connectivity index (χ1v) is 11.8. The Morgan fingerprint density at radius 2 is 1.42 bits per heavy atom. The largest absolute Gasteiger partial charge is 0.462 e. The number of hydrogen-bond acceptors (Lipinski definition) is 2. The highest BCUT2D eigenvalue weighted by Gasteiger charge is 2.33. The number of esters is 1. The summed E-state index contributed by atoms with van der Waals surface area (Å²) < 4.78 is 5.73. The van der Waals surface area contributed by atoms with E-state index in [1.807, 2.05) is 0 Å². The fourth-order valence-corrected chi connectivity index (χ4v) is 5.30. The van der Waals surface area contributed by atoms with Crippen LogP contribution in [-0.2, 0) is 9.53 Å². The Morgan fingerprint density at radius 3 is 2.00 bits per heavy atom. The molecule has 0 radical (unpaired) electrons. The van der Waals surface area contributed by atoms with E-state index in [0.717, 1.165) is 37.0 Å². The van der Waals surface area contributed by atoms with Gasteiger partial charge in [0.25, 0.3) is 0 Å². The molecule has 0 amide bonds. The Morgan fingerprint density at radius 1 is 0.846 bits per heavy atom. The molecule has 0 saturated heterocycles. The van der Waals surface area contributed by atoms with Crippen LogP contribution >= 0.6 is 0 Å². The van der Waals surface area contributed by atoms with E-state index >= 15 is 0 Å². The van der Waals surface area contributed by atoms with Crippen molar-refractivity contribution in [3.63, 3.8) is 0 Å². The molecule has 152 valence electrons. The zero-order chi connectivity index (χ0) is 18.8. The third-order valence-corrected chi connectivity index (χ3v) is 7.16. The summed E-state index contributed by atoms with van der Waals surface area (Å²) in [6.45, 7) is 6.59. The van der Waals surface area contributed by atoms with Gasteiger partial charge in [0, 0.05) is 0 Å². The van der Waals surface area contributed by atoms with Crippen LogP contribution in [0.15, 0.2) is 0 Å². The van der Waals surface area contributed by atoms with Gasteiger partial charge in [-0.25, -0.2) is 0 Å². The lowest BCUT2D eigenvalue weighted by Crippen LogP contribution is -2.30. The van der Waals surface area contributed by atoms with Crippen molar-refractivity contribution in [2.24, 2.45) is 23.7 Å². The van der Waals surface area contributed by atoms with Crippen molar-refractivity contribution in [1.29, 1.82) is 0 Å². The molecule has 2 rings (SSSR count). The highest BCUT2D eigenvalue weighted by molar-refractivity contribution is 5.72. The number of hydrogen-bond donors (Lipinski definition) is 0. The van der Waals surface area contributed by atoms with Crippen LogP contribution in [0.5, 0.6) is 0 Å². The van der Waals surface area contributed by atoms with Gasteiger partial charge in [0.05, 0.1) is 12.0 Å². The molecule has 0 aliphatic heterocycles. The van der Waals surface area contributed by atoms with E-state index in [4.69, 9.17) is 4.74 Å². The normalized spacial score (nSPS) is 30.7. The Labute approximate surface area is 162 Å². The SMILES string of the molecule is CCCCCC(C)OC(=O)C1CCC(C2CCC(CCCC)CC2)CC1. The van der Waals surface area contributed by atoms with Crippen LogP contribution in [0.4, 0.5) is 0 Å². The van der Waals surface area contributed by atoms with Crippen LogP contribution in [0.2, 0.25) is 0 Å². The quantitative estimate of drug-likeness (QED) is 0.300. The van der Waals surface area contributed by atoms with E-state index in [2.05, 4.69) is 20.8 Å². The Hall–Kier alpha value is -0.530. The standard InChI is InChI=1S/C24H44O2/c1-4-6-8-9-19(3)26-24(25)23-17-15-22(16-18-23)21-13-11-20(12-14-21)10-7-5-2/h19-23H,4-18H2,1-3H3. The zero-order valence-electron chi connectivity index (χ0n) is 17.8. The molecular formula is C24H44O2. The molecule has 0 aromatic rings. The maximum atomic E-state index is 12.4. The molecule has 2 heteroatoms. The van der Waals surface area contributed by atoms with Crippen molar-refractivity contribution in [1.82, 2.24) is 0 Å². The molecular weight excluding hydrogens is 320 g/mol. The second-order valence-corrected chi connectivity index (χ2v) is 9.28. The molecule has 0 heterocycles. The Balaban J connectivity index is 1.63. The fraction of sp³-hybridized carbons (Fsp3) is 0.958.